The van der Waals surface area contributed by atoms with Gasteiger partial charge in [-0.2, -0.15) is 9.61 Å². The lowest BCUT2D eigenvalue weighted by Gasteiger charge is -2.33. The maximum Gasteiger partial charge on any atom is 0.242 e. The van der Waals surface area contributed by atoms with Crippen molar-refractivity contribution >= 4 is 33.0 Å². The zero-order valence-electron chi connectivity index (χ0n) is 19.6. The second kappa shape index (κ2) is 9.28. The summed E-state index contributed by atoms with van der Waals surface area (Å²) < 4.78 is 27.7. The summed E-state index contributed by atoms with van der Waals surface area (Å²) in [5.41, 5.74) is 2.60. The summed E-state index contributed by atoms with van der Waals surface area (Å²) in [5.74, 6) is 2.10. The number of aliphatic hydroxyl groups excluding tert-OH is 1. The van der Waals surface area contributed by atoms with Crippen LogP contribution in [0.4, 0.5) is 17.3 Å². The van der Waals surface area contributed by atoms with E-state index in [0.29, 0.717) is 0 Å². The Morgan fingerprint density at radius 2 is 1.97 bits per heavy atom. The average molecular weight is 473 g/mol. The minimum absolute atomic E-state index is 0.177. The second-order valence-electron chi connectivity index (χ2n) is 9.06. The fourth-order valence-electron chi connectivity index (χ4n) is 4.12. The van der Waals surface area contributed by atoms with E-state index in [1.807, 2.05) is 12.3 Å². The molecule has 10 heteroatoms. The number of rotatable bonds is 7. The van der Waals surface area contributed by atoms with Gasteiger partial charge in [-0.3, -0.25) is 0 Å². The molecule has 33 heavy (non-hydrogen) atoms. The summed E-state index contributed by atoms with van der Waals surface area (Å²) in [4.78, 5) is 7.40. The first-order chi connectivity index (χ1) is 15.7. The van der Waals surface area contributed by atoms with E-state index >= 15 is 0 Å². The Morgan fingerprint density at radius 1 is 1.24 bits per heavy atom. The van der Waals surface area contributed by atoms with E-state index in [9.17, 15) is 13.5 Å². The van der Waals surface area contributed by atoms with Gasteiger partial charge in [0.05, 0.1) is 11.1 Å². The number of hydrogen-bond acceptors (Lipinski definition) is 7. The Balaban J connectivity index is 1.72. The molecule has 0 saturated carbocycles. The molecule has 1 aliphatic rings. The van der Waals surface area contributed by atoms with Crippen LogP contribution in [0, 0.1) is 5.92 Å². The molecule has 2 N–H and O–H groups in total. The van der Waals surface area contributed by atoms with Crippen LogP contribution in [0.5, 0.6) is 0 Å². The molecule has 1 unspecified atom stereocenters. The van der Waals surface area contributed by atoms with Gasteiger partial charge < -0.3 is 15.3 Å². The molecule has 3 aromatic rings. The molecular weight excluding hydrogens is 440 g/mol. The first kappa shape index (κ1) is 23.5. The van der Waals surface area contributed by atoms with Crippen molar-refractivity contribution in [2.24, 2.45) is 5.92 Å². The minimum atomic E-state index is -3.49. The van der Waals surface area contributed by atoms with Crippen LogP contribution >= 0.6 is 0 Å². The number of sulfonamides is 1. The van der Waals surface area contributed by atoms with Crippen LogP contribution in [0.25, 0.3) is 5.65 Å². The summed E-state index contributed by atoms with van der Waals surface area (Å²) in [6, 6.07) is 8.65. The van der Waals surface area contributed by atoms with Gasteiger partial charge in [-0.25, -0.2) is 17.7 Å². The zero-order valence-corrected chi connectivity index (χ0v) is 20.4. The molecule has 4 rings (SSSR count). The van der Waals surface area contributed by atoms with Gasteiger partial charge in [0, 0.05) is 51.1 Å². The van der Waals surface area contributed by atoms with Gasteiger partial charge in [0.25, 0.3) is 0 Å². The quantitative estimate of drug-likeness (QED) is 0.545. The number of benzene rings is 1. The van der Waals surface area contributed by atoms with Crippen LogP contribution in [0.15, 0.2) is 41.4 Å². The number of aromatic nitrogens is 3. The number of nitrogens with zero attached hydrogens (tertiary/aromatic N) is 5. The van der Waals surface area contributed by atoms with Crippen LogP contribution < -0.4 is 10.2 Å². The topological polar surface area (TPSA) is 103 Å². The first-order valence-corrected chi connectivity index (χ1v) is 12.7. The van der Waals surface area contributed by atoms with Crippen LogP contribution in [-0.2, 0) is 10.0 Å². The molecule has 0 bridgehead atoms. The zero-order chi connectivity index (χ0) is 23.8. The van der Waals surface area contributed by atoms with E-state index in [-0.39, 0.29) is 23.3 Å². The monoisotopic (exact) mass is 472 g/mol. The van der Waals surface area contributed by atoms with E-state index in [2.05, 4.69) is 29.2 Å². The Bertz CT molecular complexity index is 1220. The predicted octanol–water partition coefficient (Wildman–Crippen LogP) is 3.06. The average Bonchev–Trinajstić information content (AvgIpc) is 3.24. The van der Waals surface area contributed by atoms with Crippen LogP contribution in [-0.4, -0.2) is 66.2 Å². The van der Waals surface area contributed by atoms with Crippen molar-refractivity contribution in [3.63, 3.8) is 0 Å². The molecule has 1 atom stereocenters. The van der Waals surface area contributed by atoms with Crippen LogP contribution in [0.3, 0.4) is 0 Å². The van der Waals surface area contributed by atoms with E-state index in [4.69, 9.17) is 4.98 Å². The number of anilines is 3. The molecular formula is C23H32N6O3S. The lowest BCUT2D eigenvalue weighted by molar-refractivity contribution is 0.208. The van der Waals surface area contributed by atoms with Crippen molar-refractivity contribution in [1.82, 2.24) is 18.9 Å². The smallest absolute Gasteiger partial charge is 0.242 e. The third-order valence-electron chi connectivity index (χ3n) is 6.11. The largest absolute Gasteiger partial charge is 0.396 e. The fourth-order valence-corrected chi connectivity index (χ4v) is 5.02. The van der Waals surface area contributed by atoms with Crippen molar-refractivity contribution in [2.75, 3.05) is 44.0 Å². The second-order valence-corrected chi connectivity index (χ2v) is 11.2. The number of hydrogen-bond donors (Lipinski definition) is 2. The third kappa shape index (κ3) is 4.68. The summed E-state index contributed by atoms with van der Waals surface area (Å²) >= 11 is 0. The highest BCUT2D eigenvalue weighted by atomic mass is 32.2. The fraction of sp³-hybridized carbons (Fsp3) is 0.478. The maximum absolute atomic E-state index is 12.4. The van der Waals surface area contributed by atoms with Gasteiger partial charge in [-0.1, -0.05) is 13.8 Å². The molecule has 0 spiro atoms. The van der Waals surface area contributed by atoms with Gasteiger partial charge in [-0.15, -0.1) is 0 Å². The molecule has 1 saturated heterocycles. The summed E-state index contributed by atoms with van der Waals surface area (Å²) in [7, 11) is -0.452. The molecule has 2 aromatic heterocycles. The SMILES string of the molecule is CC(C)c1cnn2c(Nc3ccc(S(=O)(=O)N(C)C)cc3)cc(N3CCCC(CO)C3)nc12. The Morgan fingerprint density at radius 3 is 2.61 bits per heavy atom. The molecule has 0 aliphatic carbocycles. The van der Waals surface area contributed by atoms with Gasteiger partial charge in [-0.05, 0) is 48.9 Å². The van der Waals surface area contributed by atoms with E-state index < -0.39 is 10.0 Å². The van der Waals surface area contributed by atoms with Gasteiger partial charge >= 0.3 is 0 Å². The Hall–Kier alpha value is -2.69. The van der Waals surface area contributed by atoms with E-state index in [1.54, 1.807) is 28.8 Å². The van der Waals surface area contributed by atoms with Gasteiger partial charge in [0.2, 0.25) is 10.0 Å². The van der Waals surface area contributed by atoms with Gasteiger partial charge in [0.1, 0.15) is 11.6 Å². The lowest BCUT2D eigenvalue weighted by Crippen LogP contribution is -2.37. The highest BCUT2D eigenvalue weighted by Crippen LogP contribution is 2.30. The van der Waals surface area contributed by atoms with Crippen molar-refractivity contribution in [1.29, 1.82) is 0 Å². The summed E-state index contributed by atoms with van der Waals surface area (Å²) in [6.07, 6.45) is 3.88. The molecule has 0 radical (unpaired) electrons. The number of aliphatic hydroxyl groups is 1. The molecule has 9 nitrogen and oxygen atoms in total. The highest BCUT2D eigenvalue weighted by molar-refractivity contribution is 7.89. The third-order valence-corrected chi connectivity index (χ3v) is 7.94. The van der Waals surface area contributed by atoms with Crippen molar-refractivity contribution in [2.45, 2.75) is 37.5 Å². The van der Waals surface area contributed by atoms with E-state index in [1.165, 1.54) is 18.4 Å². The Labute approximate surface area is 195 Å². The molecule has 1 aromatic carbocycles. The van der Waals surface area contributed by atoms with Crippen molar-refractivity contribution < 1.29 is 13.5 Å². The van der Waals surface area contributed by atoms with E-state index in [0.717, 1.165) is 54.5 Å². The number of piperidine rings is 1. The standard InChI is InChI=1S/C23H32N6O3S/c1-16(2)20-13-24-29-22(25-18-7-9-19(10-8-18)33(31,32)27(3)4)12-21(26-23(20)29)28-11-5-6-17(14-28)15-30/h7-10,12-13,16-17,25,30H,5-6,11,14-15H2,1-4H3. The molecule has 178 valence electrons. The summed E-state index contributed by atoms with van der Waals surface area (Å²) in [6.45, 7) is 6.06. The normalized spacial score (nSPS) is 17.3. The predicted molar refractivity (Wildman–Crippen MR) is 130 cm³/mol. The lowest BCUT2D eigenvalue weighted by atomic mass is 9.99. The molecule has 3 heterocycles. The molecule has 0 amide bonds. The number of nitrogens with one attached hydrogen (secondary N) is 1. The summed E-state index contributed by atoms with van der Waals surface area (Å²) in [5, 5.41) is 17.6. The minimum Gasteiger partial charge on any atom is -0.396 e. The Kier molecular flexibility index (Phi) is 6.60. The number of fused-ring (bicyclic) bond motifs is 1. The molecule has 1 aliphatic heterocycles. The first-order valence-electron chi connectivity index (χ1n) is 11.2. The highest BCUT2D eigenvalue weighted by Gasteiger charge is 2.23. The maximum atomic E-state index is 12.4. The molecule has 1 fully saturated rings. The van der Waals surface area contributed by atoms with Crippen LogP contribution in [0.1, 0.15) is 38.2 Å². The van der Waals surface area contributed by atoms with Crippen LogP contribution in [0.2, 0.25) is 0 Å². The van der Waals surface area contributed by atoms with Crippen molar-refractivity contribution in [3.05, 3.63) is 42.1 Å². The van der Waals surface area contributed by atoms with Crippen molar-refractivity contribution in [3.8, 4) is 0 Å². The van der Waals surface area contributed by atoms with Gasteiger partial charge in [0.15, 0.2) is 5.65 Å².